The molecule has 0 bridgehead atoms. The second-order valence-electron chi connectivity index (χ2n) is 5.08. The van der Waals surface area contributed by atoms with Crippen LogP contribution in [0.1, 0.15) is 17.5 Å². The fourth-order valence-electron chi connectivity index (χ4n) is 2.59. The van der Waals surface area contributed by atoms with Gasteiger partial charge in [-0.2, -0.15) is 0 Å². The normalized spacial score (nSPS) is 14.2. The lowest BCUT2D eigenvalue weighted by Gasteiger charge is -2.30. The number of halogens is 2. The van der Waals surface area contributed by atoms with Gasteiger partial charge in [-0.1, -0.05) is 23.7 Å². The number of aryl methyl sites for hydroxylation is 1. The summed E-state index contributed by atoms with van der Waals surface area (Å²) in [5.41, 5.74) is 8.90. The van der Waals surface area contributed by atoms with Crippen LogP contribution in [0.3, 0.4) is 0 Å². The number of nitrogen functional groups attached to an aromatic ring is 1. The predicted octanol–water partition coefficient (Wildman–Crippen LogP) is 3.54. The molecule has 5 heteroatoms. The van der Waals surface area contributed by atoms with Gasteiger partial charge in [0.15, 0.2) is 0 Å². The number of benzene rings is 2. The summed E-state index contributed by atoms with van der Waals surface area (Å²) in [6, 6.07) is 10.1. The van der Waals surface area contributed by atoms with E-state index in [9.17, 15) is 9.18 Å². The van der Waals surface area contributed by atoms with Gasteiger partial charge in [-0.05, 0) is 41.8 Å². The van der Waals surface area contributed by atoms with Gasteiger partial charge in [-0.15, -0.1) is 0 Å². The lowest BCUT2D eigenvalue weighted by molar-refractivity contribution is -0.119. The summed E-state index contributed by atoms with van der Waals surface area (Å²) in [4.78, 5) is 13.8. The zero-order valence-electron chi connectivity index (χ0n) is 11.3. The maximum atomic E-state index is 13.5. The number of nitrogens with zero attached hydrogens (tertiary/aromatic N) is 1. The molecule has 0 saturated carbocycles. The van der Waals surface area contributed by atoms with Crippen LogP contribution >= 0.6 is 11.6 Å². The SMILES string of the molecule is Nc1ccc2c(c1)CCC(=O)N2Cc1cccc(F)c1Cl. The Balaban J connectivity index is 1.99. The molecule has 1 heterocycles. The number of carbonyl (C=O) groups is 1. The van der Waals surface area contributed by atoms with Crippen molar-refractivity contribution in [2.45, 2.75) is 19.4 Å². The smallest absolute Gasteiger partial charge is 0.227 e. The van der Waals surface area contributed by atoms with Gasteiger partial charge in [-0.25, -0.2) is 4.39 Å². The maximum Gasteiger partial charge on any atom is 0.227 e. The number of fused-ring (bicyclic) bond motifs is 1. The highest BCUT2D eigenvalue weighted by Crippen LogP contribution is 2.32. The Hall–Kier alpha value is -2.07. The highest BCUT2D eigenvalue weighted by atomic mass is 35.5. The van der Waals surface area contributed by atoms with Crippen LogP contribution in [0.2, 0.25) is 5.02 Å². The van der Waals surface area contributed by atoms with Gasteiger partial charge in [0.25, 0.3) is 0 Å². The summed E-state index contributed by atoms with van der Waals surface area (Å²) in [5.74, 6) is -0.469. The van der Waals surface area contributed by atoms with Crippen LogP contribution in [0.25, 0.3) is 0 Å². The second-order valence-corrected chi connectivity index (χ2v) is 5.46. The highest BCUT2D eigenvalue weighted by Gasteiger charge is 2.25. The molecule has 0 aliphatic carbocycles. The molecule has 0 atom stereocenters. The highest BCUT2D eigenvalue weighted by molar-refractivity contribution is 6.31. The number of carbonyl (C=O) groups excluding carboxylic acids is 1. The van der Waals surface area contributed by atoms with E-state index in [-0.39, 0.29) is 17.5 Å². The molecule has 1 amide bonds. The molecular weight excluding hydrogens is 291 g/mol. The first-order valence-corrected chi connectivity index (χ1v) is 7.05. The summed E-state index contributed by atoms with van der Waals surface area (Å²) in [6.07, 6.45) is 1.09. The van der Waals surface area contributed by atoms with Crippen LogP contribution in [0, 0.1) is 5.82 Å². The topological polar surface area (TPSA) is 46.3 Å². The average Bonchev–Trinajstić information content (AvgIpc) is 2.46. The van der Waals surface area contributed by atoms with Crippen molar-refractivity contribution in [2.24, 2.45) is 0 Å². The minimum Gasteiger partial charge on any atom is -0.399 e. The van der Waals surface area contributed by atoms with Crippen LogP contribution < -0.4 is 10.6 Å². The molecule has 2 N–H and O–H groups in total. The van der Waals surface area contributed by atoms with Gasteiger partial charge in [0, 0.05) is 17.8 Å². The third-order valence-electron chi connectivity index (χ3n) is 3.66. The number of amides is 1. The Morgan fingerprint density at radius 2 is 2.05 bits per heavy atom. The fraction of sp³-hybridized carbons (Fsp3) is 0.188. The molecule has 0 radical (unpaired) electrons. The van der Waals surface area contributed by atoms with Gasteiger partial charge >= 0.3 is 0 Å². The summed E-state index contributed by atoms with van der Waals surface area (Å²) in [5, 5.41) is 0.0628. The third kappa shape index (κ3) is 2.59. The standard InChI is InChI=1S/C16H14ClFN2O/c17-16-11(2-1-3-13(16)18)9-20-14-6-5-12(19)8-10(14)4-7-15(20)21/h1-3,5-6,8H,4,7,9,19H2. The quantitative estimate of drug-likeness (QED) is 0.863. The van der Waals surface area contributed by atoms with Crippen LogP contribution in [-0.4, -0.2) is 5.91 Å². The molecule has 1 aliphatic heterocycles. The first kappa shape index (κ1) is 13.9. The molecule has 2 aromatic rings. The molecule has 0 spiro atoms. The molecule has 0 fully saturated rings. The summed E-state index contributed by atoms with van der Waals surface area (Å²) < 4.78 is 13.5. The van der Waals surface area contributed by atoms with Crippen molar-refractivity contribution >= 4 is 28.9 Å². The molecule has 3 nitrogen and oxygen atoms in total. The van der Waals surface area contributed by atoms with Crippen molar-refractivity contribution in [3.8, 4) is 0 Å². The van der Waals surface area contributed by atoms with Gasteiger partial charge < -0.3 is 10.6 Å². The first-order valence-electron chi connectivity index (χ1n) is 6.68. The van der Waals surface area contributed by atoms with Crippen molar-refractivity contribution in [3.63, 3.8) is 0 Å². The molecule has 108 valence electrons. The Labute approximate surface area is 127 Å². The molecule has 21 heavy (non-hydrogen) atoms. The van der Waals surface area contributed by atoms with Gasteiger partial charge in [-0.3, -0.25) is 4.79 Å². The first-order chi connectivity index (χ1) is 10.1. The van der Waals surface area contributed by atoms with Crippen LogP contribution in [-0.2, 0) is 17.8 Å². The van der Waals surface area contributed by atoms with E-state index < -0.39 is 5.82 Å². The molecule has 2 aromatic carbocycles. The number of nitrogens with two attached hydrogens (primary N) is 1. The van der Waals surface area contributed by atoms with E-state index >= 15 is 0 Å². The number of hydrogen-bond donors (Lipinski definition) is 1. The van der Waals surface area contributed by atoms with Gasteiger partial charge in [0.2, 0.25) is 5.91 Å². The molecule has 0 unspecified atom stereocenters. The zero-order valence-corrected chi connectivity index (χ0v) is 12.0. The fourth-order valence-corrected chi connectivity index (χ4v) is 2.78. The lowest BCUT2D eigenvalue weighted by atomic mass is 9.99. The van der Waals surface area contributed by atoms with Crippen molar-refractivity contribution in [1.82, 2.24) is 0 Å². The van der Waals surface area contributed by atoms with Crippen LogP contribution in [0.5, 0.6) is 0 Å². The molecule has 3 rings (SSSR count). The van der Waals surface area contributed by atoms with Crippen molar-refractivity contribution < 1.29 is 9.18 Å². The van der Waals surface area contributed by atoms with E-state index in [2.05, 4.69) is 0 Å². The Kier molecular flexibility index (Phi) is 3.55. The maximum absolute atomic E-state index is 13.5. The van der Waals surface area contributed by atoms with E-state index in [0.717, 1.165) is 11.3 Å². The Morgan fingerprint density at radius 1 is 1.24 bits per heavy atom. The van der Waals surface area contributed by atoms with Gasteiger partial charge in [0.1, 0.15) is 5.82 Å². The van der Waals surface area contributed by atoms with E-state index in [1.807, 2.05) is 12.1 Å². The number of rotatable bonds is 2. The van der Waals surface area contributed by atoms with E-state index in [1.165, 1.54) is 6.07 Å². The van der Waals surface area contributed by atoms with E-state index in [1.54, 1.807) is 23.1 Å². The molecular formula is C16H14ClFN2O. The molecule has 1 aliphatic rings. The minimum atomic E-state index is -0.476. The van der Waals surface area contributed by atoms with E-state index in [0.29, 0.717) is 24.1 Å². The van der Waals surface area contributed by atoms with Crippen molar-refractivity contribution in [1.29, 1.82) is 0 Å². The predicted molar refractivity (Wildman–Crippen MR) is 81.8 cm³/mol. The van der Waals surface area contributed by atoms with Crippen LogP contribution in [0.15, 0.2) is 36.4 Å². The average molecular weight is 305 g/mol. The summed E-state index contributed by atoms with van der Waals surface area (Å²) in [6.45, 7) is 0.256. The summed E-state index contributed by atoms with van der Waals surface area (Å²) >= 11 is 5.98. The molecule has 0 saturated heterocycles. The van der Waals surface area contributed by atoms with E-state index in [4.69, 9.17) is 17.3 Å². The number of anilines is 2. The largest absolute Gasteiger partial charge is 0.399 e. The second kappa shape index (κ2) is 5.37. The monoisotopic (exact) mass is 304 g/mol. The molecule has 0 aromatic heterocycles. The third-order valence-corrected chi connectivity index (χ3v) is 4.09. The summed E-state index contributed by atoms with van der Waals surface area (Å²) in [7, 11) is 0. The van der Waals surface area contributed by atoms with Crippen LogP contribution in [0.4, 0.5) is 15.8 Å². The van der Waals surface area contributed by atoms with Gasteiger partial charge in [0.05, 0.1) is 11.6 Å². The van der Waals surface area contributed by atoms with Crippen molar-refractivity contribution in [2.75, 3.05) is 10.6 Å². The Morgan fingerprint density at radius 3 is 2.86 bits per heavy atom. The number of hydrogen-bond acceptors (Lipinski definition) is 2. The lowest BCUT2D eigenvalue weighted by Crippen LogP contribution is -2.34. The van der Waals surface area contributed by atoms with Crippen molar-refractivity contribution in [3.05, 3.63) is 58.4 Å². The minimum absolute atomic E-state index is 0.00704. The zero-order chi connectivity index (χ0) is 15.0. The Bertz CT molecular complexity index is 717.